The molecule has 0 radical (unpaired) electrons. The van der Waals surface area contributed by atoms with Gasteiger partial charge in [0.25, 0.3) is 0 Å². The Hall–Kier alpha value is -2.43. The molecule has 0 aliphatic heterocycles. The highest BCUT2D eigenvalue weighted by Crippen LogP contribution is 2.20. The fraction of sp³-hybridized carbons (Fsp3) is 0.389. The zero-order valence-electron chi connectivity index (χ0n) is 13.6. The molecule has 0 aliphatic rings. The van der Waals surface area contributed by atoms with Gasteiger partial charge < -0.3 is 9.94 Å². The van der Waals surface area contributed by atoms with Crippen molar-refractivity contribution in [3.8, 4) is 0 Å². The summed E-state index contributed by atoms with van der Waals surface area (Å²) in [4.78, 5) is 17.0. The summed E-state index contributed by atoms with van der Waals surface area (Å²) in [5, 5.41) is 12.4. The number of fused-ring (bicyclic) bond motifs is 1. The number of carbonyl (C=O) groups excluding carboxylic acids is 1. The highest BCUT2D eigenvalue weighted by molar-refractivity contribution is 6.04. The normalized spacial score (nSPS) is 11.7. The minimum atomic E-state index is -0.427. The van der Waals surface area contributed by atoms with Gasteiger partial charge in [0.05, 0.1) is 16.8 Å². The Balaban J connectivity index is 2.29. The van der Waals surface area contributed by atoms with Crippen LogP contribution in [0.5, 0.6) is 0 Å². The molecule has 122 valence electrons. The fourth-order valence-electron chi connectivity index (χ4n) is 2.36. The van der Waals surface area contributed by atoms with Gasteiger partial charge >= 0.3 is 5.97 Å². The lowest BCUT2D eigenvalue weighted by Crippen LogP contribution is -2.13. The molecule has 1 aromatic carbocycles. The summed E-state index contributed by atoms with van der Waals surface area (Å²) in [5.74, 6) is -0.427. The number of benzene rings is 1. The van der Waals surface area contributed by atoms with E-state index < -0.39 is 5.97 Å². The molecule has 0 amide bonds. The van der Waals surface area contributed by atoms with E-state index in [4.69, 9.17) is 9.94 Å². The second kappa shape index (κ2) is 8.27. The molecule has 1 heterocycles. The lowest BCUT2D eigenvalue weighted by atomic mass is 10.0. The van der Waals surface area contributed by atoms with Gasteiger partial charge in [-0.3, -0.25) is 4.98 Å². The zero-order valence-corrected chi connectivity index (χ0v) is 13.6. The van der Waals surface area contributed by atoms with E-state index in [9.17, 15) is 4.79 Å². The summed E-state index contributed by atoms with van der Waals surface area (Å²) >= 11 is 0. The van der Waals surface area contributed by atoms with Gasteiger partial charge in [-0.25, -0.2) is 4.79 Å². The predicted octanol–water partition coefficient (Wildman–Crippen LogP) is 3.97. The van der Waals surface area contributed by atoms with Crippen LogP contribution in [0.4, 0.5) is 0 Å². The highest BCUT2D eigenvalue weighted by Gasteiger charge is 2.14. The molecular formula is C18H22N2O3. The summed E-state index contributed by atoms with van der Waals surface area (Å²) in [6.45, 7) is 3.72. The SMILES string of the molecule is CCCCCc1cc(C(=O)OCC(C)=NO)c2ccccc2n1. The van der Waals surface area contributed by atoms with Crippen molar-refractivity contribution in [2.24, 2.45) is 5.16 Å². The number of oxime groups is 1. The van der Waals surface area contributed by atoms with Crippen LogP contribution >= 0.6 is 0 Å². The molecule has 23 heavy (non-hydrogen) atoms. The number of unbranched alkanes of at least 4 members (excludes halogenated alkanes) is 2. The number of para-hydroxylation sites is 1. The van der Waals surface area contributed by atoms with E-state index in [2.05, 4.69) is 17.1 Å². The second-order valence-electron chi connectivity index (χ2n) is 5.55. The highest BCUT2D eigenvalue weighted by atomic mass is 16.5. The number of carbonyl (C=O) groups is 1. The quantitative estimate of drug-likeness (QED) is 0.276. The number of nitrogens with zero attached hydrogens (tertiary/aromatic N) is 2. The van der Waals surface area contributed by atoms with Crippen molar-refractivity contribution in [2.45, 2.75) is 39.5 Å². The first-order chi connectivity index (χ1) is 11.2. The number of rotatable bonds is 7. The molecule has 0 saturated heterocycles. The van der Waals surface area contributed by atoms with E-state index in [0.29, 0.717) is 11.3 Å². The first kappa shape index (κ1) is 16.9. The van der Waals surface area contributed by atoms with Crippen molar-refractivity contribution in [3.63, 3.8) is 0 Å². The molecule has 0 aliphatic carbocycles. The van der Waals surface area contributed by atoms with E-state index in [1.54, 1.807) is 6.92 Å². The number of aryl methyl sites for hydroxylation is 1. The summed E-state index contributed by atoms with van der Waals surface area (Å²) in [7, 11) is 0. The molecule has 0 spiro atoms. The van der Waals surface area contributed by atoms with Crippen molar-refractivity contribution in [2.75, 3.05) is 6.61 Å². The van der Waals surface area contributed by atoms with Gasteiger partial charge in [0.1, 0.15) is 6.61 Å². The van der Waals surface area contributed by atoms with Crippen LogP contribution in [-0.2, 0) is 11.2 Å². The van der Waals surface area contributed by atoms with Crippen LogP contribution in [0.2, 0.25) is 0 Å². The summed E-state index contributed by atoms with van der Waals surface area (Å²) in [6.07, 6.45) is 4.17. The Labute approximate surface area is 136 Å². The van der Waals surface area contributed by atoms with Gasteiger partial charge in [-0.2, -0.15) is 0 Å². The van der Waals surface area contributed by atoms with Crippen LogP contribution in [0.1, 0.15) is 49.2 Å². The lowest BCUT2D eigenvalue weighted by molar-refractivity contribution is 0.0563. The predicted molar refractivity (Wildman–Crippen MR) is 90.2 cm³/mol. The number of pyridine rings is 1. The smallest absolute Gasteiger partial charge is 0.339 e. The third kappa shape index (κ3) is 4.52. The third-order valence-corrected chi connectivity index (χ3v) is 3.61. The molecule has 5 heteroatoms. The lowest BCUT2D eigenvalue weighted by Gasteiger charge is -2.09. The Kier molecular flexibility index (Phi) is 6.09. The Morgan fingerprint density at radius 1 is 1.30 bits per heavy atom. The molecule has 1 aromatic heterocycles. The maximum Gasteiger partial charge on any atom is 0.339 e. The van der Waals surface area contributed by atoms with Crippen molar-refractivity contribution >= 4 is 22.6 Å². The van der Waals surface area contributed by atoms with E-state index in [1.165, 1.54) is 0 Å². The third-order valence-electron chi connectivity index (χ3n) is 3.61. The summed E-state index contributed by atoms with van der Waals surface area (Å²) in [6, 6.07) is 9.35. The molecule has 1 N–H and O–H groups in total. The molecule has 0 atom stereocenters. The van der Waals surface area contributed by atoms with Gasteiger partial charge in [-0.1, -0.05) is 43.1 Å². The molecule has 0 saturated carbocycles. The second-order valence-corrected chi connectivity index (χ2v) is 5.55. The topological polar surface area (TPSA) is 71.8 Å². The molecule has 2 aromatic rings. The minimum absolute atomic E-state index is 0.0306. The largest absolute Gasteiger partial charge is 0.456 e. The molecule has 0 fully saturated rings. The maximum absolute atomic E-state index is 12.4. The molecule has 0 bridgehead atoms. The Bertz CT molecular complexity index is 710. The van der Waals surface area contributed by atoms with E-state index >= 15 is 0 Å². The average Bonchev–Trinajstić information content (AvgIpc) is 2.58. The van der Waals surface area contributed by atoms with Crippen LogP contribution in [0.15, 0.2) is 35.5 Å². The van der Waals surface area contributed by atoms with Crippen LogP contribution in [0, 0.1) is 0 Å². The van der Waals surface area contributed by atoms with Crippen molar-refractivity contribution < 1.29 is 14.7 Å². The molecule has 2 rings (SSSR count). The van der Waals surface area contributed by atoms with Crippen molar-refractivity contribution in [1.82, 2.24) is 4.98 Å². The van der Waals surface area contributed by atoms with Gasteiger partial charge in [-0.15, -0.1) is 0 Å². The van der Waals surface area contributed by atoms with Gasteiger partial charge in [-0.05, 0) is 31.9 Å². The van der Waals surface area contributed by atoms with Crippen molar-refractivity contribution in [3.05, 3.63) is 41.6 Å². The first-order valence-electron chi connectivity index (χ1n) is 7.89. The van der Waals surface area contributed by atoms with Gasteiger partial charge in [0, 0.05) is 11.1 Å². The molecule has 5 nitrogen and oxygen atoms in total. The van der Waals surface area contributed by atoms with Crippen LogP contribution in [0.25, 0.3) is 10.9 Å². The van der Waals surface area contributed by atoms with E-state index in [-0.39, 0.29) is 6.61 Å². The standard InChI is InChI=1S/C18H22N2O3/c1-3-4-5-8-14-11-16(18(21)23-12-13(2)20-22)15-9-6-7-10-17(15)19-14/h6-7,9-11,22H,3-5,8,12H2,1-2H3. The summed E-state index contributed by atoms with van der Waals surface area (Å²) < 4.78 is 5.21. The monoisotopic (exact) mass is 314 g/mol. The van der Waals surface area contributed by atoms with Gasteiger partial charge in [0.15, 0.2) is 0 Å². The molecule has 0 unspecified atom stereocenters. The number of hydrogen-bond donors (Lipinski definition) is 1. The summed E-state index contributed by atoms with van der Waals surface area (Å²) in [5.41, 5.74) is 2.55. The number of esters is 1. The van der Waals surface area contributed by atoms with E-state index in [0.717, 1.165) is 42.3 Å². The number of ether oxygens (including phenoxy) is 1. The zero-order chi connectivity index (χ0) is 16.7. The number of hydrogen-bond acceptors (Lipinski definition) is 5. The van der Waals surface area contributed by atoms with Crippen LogP contribution in [-0.4, -0.2) is 28.5 Å². The Morgan fingerprint density at radius 3 is 2.83 bits per heavy atom. The minimum Gasteiger partial charge on any atom is -0.456 e. The maximum atomic E-state index is 12.4. The Morgan fingerprint density at radius 2 is 2.09 bits per heavy atom. The van der Waals surface area contributed by atoms with Crippen molar-refractivity contribution in [1.29, 1.82) is 0 Å². The van der Waals surface area contributed by atoms with E-state index in [1.807, 2.05) is 30.3 Å². The van der Waals surface area contributed by atoms with Crippen LogP contribution < -0.4 is 0 Å². The average molecular weight is 314 g/mol. The molecular weight excluding hydrogens is 292 g/mol. The van der Waals surface area contributed by atoms with Gasteiger partial charge in [0.2, 0.25) is 0 Å². The first-order valence-corrected chi connectivity index (χ1v) is 7.89. The fourth-order valence-corrected chi connectivity index (χ4v) is 2.36. The number of aromatic nitrogens is 1. The van der Waals surface area contributed by atoms with Crippen LogP contribution in [0.3, 0.4) is 0 Å².